The van der Waals surface area contributed by atoms with Gasteiger partial charge in [-0.2, -0.15) is 0 Å². The molecule has 0 amide bonds. The maximum absolute atomic E-state index is 9.88. The number of aromatic nitrogens is 1. The van der Waals surface area contributed by atoms with Gasteiger partial charge in [-0.05, 0) is 43.2 Å². The molecule has 0 aromatic carbocycles. The predicted molar refractivity (Wildman–Crippen MR) is 71.9 cm³/mol. The van der Waals surface area contributed by atoms with Crippen LogP contribution in [-0.2, 0) is 0 Å². The number of rotatable bonds is 4. The first kappa shape index (κ1) is 13.3. The van der Waals surface area contributed by atoms with Gasteiger partial charge in [0.25, 0.3) is 0 Å². The van der Waals surface area contributed by atoms with E-state index in [1.54, 1.807) is 6.20 Å². The zero-order valence-electron chi connectivity index (χ0n) is 11.1. The highest BCUT2D eigenvalue weighted by molar-refractivity contribution is 5.26. The van der Waals surface area contributed by atoms with Crippen LogP contribution >= 0.6 is 0 Å². The Labute approximate surface area is 109 Å². The van der Waals surface area contributed by atoms with E-state index in [1.165, 1.54) is 12.0 Å². The van der Waals surface area contributed by atoms with E-state index in [0.29, 0.717) is 5.92 Å². The van der Waals surface area contributed by atoms with Gasteiger partial charge in [-0.3, -0.25) is 4.98 Å². The molecule has 1 fully saturated rings. The molecule has 0 bridgehead atoms. The Hall–Kier alpha value is -1.09. The van der Waals surface area contributed by atoms with Crippen LogP contribution in [0.5, 0.6) is 5.75 Å². The van der Waals surface area contributed by atoms with Crippen molar-refractivity contribution in [1.29, 1.82) is 0 Å². The first-order chi connectivity index (χ1) is 8.79. The zero-order chi connectivity index (χ0) is 12.8. The third kappa shape index (κ3) is 3.70. The fourth-order valence-electron chi connectivity index (χ4n) is 2.60. The second kappa shape index (κ2) is 6.74. The van der Waals surface area contributed by atoms with Crippen molar-refractivity contribution in [2.75, 3.05) is 6.61 Å². The number of aliphatic hydroxyl groups excluding tert-OH is 1. The smallest absolute Gasteiger partial charge is 0.137 e. The van der Waals surface area contributed by atoms with Gasteiger partial charge in [0.2, 0.25) is 0 Å². The molecule has 18 heavy (non-hydrogen) atoms. The molecule has 2 rings (SSSR count). The Kier molecular flexibility index (Phi) is 5.00. The van der Waals surface area contributed by atoms with Crippen LogP contribution in [0.3, 0.4) is 0 Å². The minimum absolute atomic E-state index is 0.155. The third-order valence-electron chi connectivity index (χ3n) is 3.58. The van der Waals surface area contributed by atoms with Gasteiger partial charge >= 0.3 is 0 Å². The molecule has 1 heterocycles. The molecule has 1 aromatic heterocycles. The fraction of sp³-hybridized carbons (Fsp3) is 0.667. The second-order valence-electron chi connectivity index (χ2n) is 5.17. The van der Waals surface area contributed by atoms with Crippen molar-refractivity contribution >= 4 is 0 Å². The molecule has 1 aliphatic carbocycles. The monoisotopic (exact) mass is 249 g/mol. The van der Waals surface area contributed by atoms with Crippen molar-refractivity contribution < 1.29 is 9.84 Å². The Morgan fingerprint density at radius 3 is 3.00 bits per heavy atom. The van der Waals surface area contributed by atoms with E-state index in [9.17, 15) is 5.11 Å². The van der Waals surface area contributed by atoms with E-state index in [2.05, 4.69) is 18.0 Å². The summed E-state index contributed by atoms with van der Waals surface area (Å²) in [4.78, 5) is 4.26. The summed E-state index contributed by atoms with van der Waals surface area (Å²) in [6, 6.07) is 2.09. The number of hydrogen-bond acceptors (Lipinski definition) is 3. The second-order valence-corrected chi connectivity index (χ2v) is 5.17. The normalized spacial score (nSPS) is 24.6. The Bertz CT molecular complexity index is 367. The number of ether oxygens (including phenoxy) is 1. The van der Waals surface area contributed by atoms with Gasteiger partial charge in [0, 0.05) is 6.20 Å². The number of aliphatic hydroxyl groups is 1. The highest BCUT2D eigenvalue weighted by Crippen LogP contribution is 2.32. The predicted octanol–water partition coefficient (Wildman–Crippen LogP) is 3.28. The van der Waals surface area contributed by atoms with Crippen LogP contribution in [0.1, 0.15) is 56.9 Å². The van der Waals surface area contributed by atoms with Crippen molar-refractivity contribution in [2.24, 2.45) is 0 Å². The molecule has 2 atom stereocenters. The first-order valence-corrected chi connectivity index (χ1v) is 7.05. The summed E-state index contributed by atoms with van der Waals surface area (Å²) in [5, 5.41) is 9.88. The lowest BCUT2D eigenvalue weighted by Gasteiger charge is -2.17. The van der Waals surface area contributed by atoms with Gasteiger partial charge in [0.05, 0.1) is 18.9 Å². The molecular formula is C15H23NO2. The summed E-state index contributed by atoms with van der Waals surface area (Å²) in [6.07, 6.45) is 9.82. The lowest BCUT2D eigenvalue weighted by Crippen LogP contribution is -2.09. The van der Waals surface area contributed by atoms with Gasteiger partial charge in [-0.25, -0.2) is 0 Å². The van der Waals surface area contributed by atoms with E-state index in [1.807, 2.05) is 6.20 Å². The molecule has 1 aromatic rings. The first-order valence-electron chi connectivity index (χ1n) is 7.05. The van der Waals surface area contributed by atoms with E-state index < -0.39 is 0 Å². The van der Waals surface area contributed by atoms with Crippen molar-refractivity contribution in [3.05, 3.63) is 24.0 Å². The molecule has 0 radical (unpaired) electrons. The van der Waals surface area contributed by atoms with Crippen molar-refractivity contribution in [1.82, 2.24) is 4.98 Å². The SMILES string of the molecule is CCCOc1cncc(C2CCCCC(O)C2)c1. The summed E-state index contributed by atoms with van der Waals surface area (Å²) in [6.45, 7) is 2.83. The summed E-state index contributed by atoms with van der Waals surface area (Å²) < 4.78 is 5.62. The van der Waals surface area contributed by atoms with Crippen molar-refractivity contribution in [2.45, 2.75) is 57.5 Å². The van der Waals surface area contributed by atoms with E-state index in [-0.39, 0.29) is 6.10 Å². The van der Waals surface area contributed by atoms with Crippen LogP contribution in [-0.4, -0.2) is 22.8 Å². The lowest BCUT2D eigenvalue weighted by atomic mass is 9.92. The highest BCUT2D eigenvalue weighted by Gasteiger charge is 2.20. The zero-order valence-corrected chi connectivity index (χ0v) is 11.1. The van der Waals surface area contributed by atoms with Gasteiger partial charge in [0.15, 0.2) is 0 Å². The standard InChI is InChI=1S/C15H23NO2/c1-2-7-18-15-9-13(10-16-11-15)12-5-3-4-6-14(17)8-12/h9-12,14,17H,2-8H2,1H3. The van der Waals surface area contributed by atoms with Crippen molar-refractivity contribution in [3.8, 4) is 5.75 Å². The van der Waals surface area contributed by atoms with Crippen LogP contribution in [0, 0.1) is 0 Å². The fourth-order valence-corrected chi connectivity index (χ4v) is 2.60. The summed E-state index contributed by atoms with van der Waals surface area (Å²) >= 11 is 0. The van der Waals surface area contributed by atoms with Crippen LogP contribution in [0.15, 0.2) is 18.5 Å². The lowest BCUT2D eigenvalue weighted by molar-refractivity contribution is 0.152. The molecule has 1 aliphatic rings. The molecule has 1 saturated carbocycles. The molecular weight excluding hydrogens is 226 g/mol. The number of pyridine rings is 1. The van der Waals surface area contributed by atoms with E-state index in [0.717, 1.165) is 44.5 Å². The average Bonchev–Trinajstić information content (AvgIpc) is 2.61. The summed E-state index contributed by atoms with van der Waals surface area (Å²) in [5.74, 6) is 1.29. The molecule has 0 aliphatic heterocycles. The molecule has 0 spiro atoms. The van der Waals surface area contributed by atoms with Crippen molar-refractivity contribution in [3.63, 3.8) is 0 Å². The number of hydrogen-bond donors (Lipinski definition) is 1. The van der Waals surface area contributed by atoms with Crippen LogP contribution < -0.4 is 4.74 Å². The molecule has 1 N–H and O–H groups in total. The molecule has 3 nitrogen and oxygen atoms in total. The van der Waals surface area contributed by atoms with Gasteiger partial charge < -0.3 is 9.84 Å². The Balaban J connectivity index is 2.06. The Morgan fingerprint density at radius 2 is 2.17 bits per heavy atom. The third-order valence-corrected chi connectivity index (χ3v) is 3.58. The number of nitrogens with zero attached hydrogens (tertiary/aromatic N) is 1. The topological polar surface area (TPSA) is 42.4 Å². The maximum Gasteiger partial charge on any atom is 0.137 e. The van der Waals surface area contributed by atoms with Gasteiger partial charge in [0.1, 0.15) is 5.75 Å². The minimum atomic E-state index is -0.155. The molecule has 3 heteroatoms. The molecule has 100 valence electrons. The quantitative estimate of drug-likeness (QED) is 0.833. The van der Waals surface area contributed by atoms with Crippen LogP contribution in [0.2, 0.25) is 0 Å². The van der Waals surface area contributed by atoms with Crippen LogP contribution in [0.25, 0.3) is 0 Å². The highest BCUT2D eigenvalue weighted by atomic mass is 16.5. The molecule has 0 saturated heterocycles. The summed E-state index contributed by atoms with van der Waals surface area (Å²) in [7, 11) is 0. The van der Waals surface area contributed by atoms with E-state index >= 15 is 0 Å². The maximum atomic E-state index is 9.88. The van der Waals surface area contributed by atoms with Crippen LogP contribution in [0.4, 0.5) is 0 Å². The minimum Gasteiger partial charge on any atom is -0.492 e. The summed E-state index contributed by atoms with van der Waals surface area (Å²) in [5.41, 5.74) is 1.21. The molecule has 2 unspecified atom stereocenters. The Morgan fingerprint density at radius 1 is 1.33 bits per heavy atom. The average molecular weight is 249 g/mol. The van der Waals surface area contributed by atoms with Gasteiger partial charge in [-0.1, -0.05) is 19.8 Å². The van der Waals surface area contributed by atoms with Gasteiger partial charge in [-0.15, -0.1) is 0 Å². The largest absolute Gasteiger partial charge is 0.492 e. The van der Waals surface area contributed by atoms with E-state index in [4.69, 9.17) is 4.74 Å².